The molecule has 3 aromatic carbocycles. The molecule has 0 spiro atoms. The maximum Gasteiger partial charge on any atom is 0.265 e. The van der Waals surface area contributed by atoms with Crippen LogP contribution in [0, 0.1) is 0 Å². The van der Waals surface area contributed by atoms with Crippen LogP contribution in [0.15, 0.2) is 71.6 Å². The van der Waals surface area contributed by atoms with E-state index in [0.717, 1.165) is 0 Å². The lowest BCUT2D eigenvalue weighted by Crippen LogP contribution is -2.30. The number of benzene rings is 3. The molecule has 174 valence electrons. The van der Waals surface area contributed by atoms with Gasteiger partial charge in [0.25, 0.3) is 15.9 Å². The van der Waals surface area contributed by atoms with E-state index in [1.54, 1.807) is 55.5 Å². The number of ether oxygens (including phenoxy) is 3. The topological polar surface area (TPSA) is 103 Å². The molecule has 0 heterocycles. The van der Waals surface area contributed by atoms with Crippen LogP contribution in [0.3, 0.4) is 0 Å². The fourth-order valence-corrected chi connectivity index (χ4v) is 4.31. The minimum atomic E-state index is -4.02. The maximum absolute atomic E-state index is 13.0. The van der Waals surface area contributed by atoms with E-state index in [4.69, 9.17) is 25.8 Å². The monoisotopic (exact) mass is 490 g/mol. The molecule has 0 bridgehead atoms. The lowest BCUT2D eigenvalue weighted by molar-refractivity contribution is -0.122. The summed E-state index contributed by atoms with van der Waals surface area (Å²) in [4.78, 5) is 12.5. The van der Waals surface area contributed by atoms with E-state index in [2.05, 4.69) is 10.0 Å². The number of sulfonamides is 1. The van der Waals surface area contributed by atoms with Crippen LogP contribution in [0.1, 0.15) is 6.92 Å². The molecule has 0 aliphatic rings. The van der Waals surface area contributed by atoms with Crippen molar-refractivity contribution >= 4 is 38.9 Å². The Bertz CT molecular complexity index is 1230. The highest BCUT2D eigenvalue weighted by Gasteiger charge is 2.22. The van der Waals surface area contributed by atoms with Crippen molar-refractivity contribution in [3.63, 3.8) is 0 Å². The Morgan fingerprint density at radius 3 is 2.24 bits per heavy atom. The quantitative estimate of drug-likeness (QED) is 0.455. The molecule has 10 heteroatoms. The highest BCUT2D eigenvalue weighted by Crippen LogP contribution is 2.29. The van der Waals surface area contributed by atoms with Gasteiger partial charge in [0.1, 0.15) is 22.1 Å². The van der Waals surface area contributed by atoms with Gasteiger partial charge in [-0.3, -0.25) is 9.52 Å². The Morgan fingerprint density at radius 1 is 0.909 bits per heavy atom. The molecule has 0 aliphatic carbocycles. The molecule has 0 aromatic heterocycles. The van der Waals surface area contributed by atoms with Crippen LogP contribution in [0.5, 0.6) is 17.2 Å². The molecule has 3 rings (SSSR count). The number of halogens is 1. The summed E-state index contributed by atoms with van der Waals surface area (Å²) in [7, 11) is -1.14. The summed E-state index contributed by atoms with van der Waals surface area (Å²) >= 11 is 5.94. The van der Waals surface area contributed by atoms with Crippen molar-refractivity contribution in [2.24, 2.45) is 0 Å². The van der Waals surface area contributed by atoms with Gasteiger partial charge >= 0.3 is 0 Å². The average molecular weight is 491 g/mol. The smallest absolute Gasteiger partial charge is 0.265 e. The minimum Gasteiger partial charge on any atom is -0.497 e. The van der Waals surface area contributed by atoms with Crippen molar-refractivity contribution in [3.8, 4) is 17.2 Å². The van der Waals surface area contributed by atoms with Crippen LogP contribution in [-0.4, -0.2) is 34.6 Å². The summed E-state index contributed by atoms with van der Waals surface area (Å²) in [5.41, 5.74) is 0.605. The first kappa shape index (κ1) is 24.2. The van der Waals surface area contributed by atoms with Crippen LogP contribution >= 0.6 is 11.6 Å². The number of nitrogens with one attached hydrogen (secondary N) is 2. The summed E-state index contributed by atoms with van der Waals surface area (Å²) in [6.45, 7) is 1.57. The first-order chi connectivity index (χ1) is 15.7. The maximum atomic E-state index is 13.0. The molecular formula is C23H23ClN2O6S. The summed E-state index contributed by atoms with van der Waals surface area (Å²) in [6, 6.07) is 17.4. The number of rotatable bonds is 9. The molecule has 1 atom stereocenters. The molecule has 8 nitrogen and oxygen atoms in total. The van der Waals surface area contributed by atoms with Crippen molar-refractivity contribution < 1.29 is 27.4 Å². The van der Waals surface area contributed by atoms with Gasteiger partial charge in [0.15, 0.2) is 6.10 Å². The van der Waals surface area contributed by atoms with E-state index in [9.17, 15) is 13.2 Å². The highest BCUT2D eigenvalue weighted by atomic mass is 35.5. The Hall–Kier alpha value is -3.43. The van der Waals surface area contributed by atoms with Crippen LogP contribution < -0.4 is 24.2 Å². The van der Waals surface area contributed by atoms with Crippen molar-refractivity contribution in [1.82, 2.24) is 0 Å². The van der Waals surface area contributed by atoms with Gasteiger partial charge in [0.2, 0.25) is 0 Å². The second-order valence-corrected chi connectivity index (χ2v) is 8.99. The lowest BCUT2D eigenvalue weighted by Gasteiger charge is -2.16. The van der Waals surface area contributed by atoms with Gasteiger partial charge in [0.05, 0.1) is 14.2 Å². The minimum absolute atomic E-state index is 0.122. The van der Waals surface area contributed by atoms with Gasteiger partial charge in [-0.1, -0.05) is 17.7 Å². The molecule has 33 heavy (non-hydrogen) atoms. The number of hydrogen-bond acceptors (Lipinski definition) is 6. The molecule has 3 aromatic rings. The van der Waals surface area contributed by atoms with E-state index in [0.29, 0.717) is 22.2 Å². The summed E-state index contributed by atoms with van der Waals surface area (Å²) in [5.74, 6) is 0.685. The third-order valence-electron chi connectivity index (χ3n) is 4.54. The normalized spacial score (nSPS) is 11.9. The highest BCUT2D eigenvalue weighted by molar-refractivity contribution is 7.92. The van der Waals surface area contributed by atoms with Crippen LogP contribution in [-0.2, 0) is 14.8 Å². The first-order valence-electron chi connectivity index (χ1n) is 9.80. The summed E-state index contributed by atoms with van der Waals surface area (Å²) < 4.78 is 44.4. The standard InChI is InChI=1S/C23H23ClN2O6S/c1-15(32-20-6-4-5-16(24)13-20)23(27)25-18-9-12-21(31-3)22(14-18)33(28,29)26-17-7-10-19(30-2)11-8-17/h4-15,26H,1-3H3,(H,25,27). The van der Waals surface area contributed by atoms with Crippen LogP contribution in [0.25, 0.3) is 0 Å². The zero-order chi connectivity index (χ0) is 24.0. The number of amides is 1. The van der Waals surface area contributed by atoms with E-state index in [-0.39, 0.29) is 16.3 Å². The second kappa shape index (κ2) is 10.5. The lowest BCUT2D eigenvalue weighted by atomic mass is 10.2. The third kappa shape index (κ3) is 6.30. The van der Waals surface area contributed by atoms with Gasteiger partial charge in [0, 0.05) is 16.4 Å². The van der Waals surface area contributed by atoms with Crippen molar-refractivity contribution in [2.45, 2.75) is 17.9 Å². The van der Waals surface area contributed by atoms with E-state index >= 15 is 0 Å². The molecule has 0 aliphatic heterocycles. The molecule has 0 fully saturated rings. The number of hydrogen-bond donors (Lipinski definition) is 2. The predicted molar refractivity (Wildman–Crippen MR) is 127 cm³/mol. The molecule has 0 saturated heterocycles. The zero-order valence-electron chi connectivity index (χ0n) is 18.2. The Morgan fingerprint density at radius 2 is 1.61 bits per heavy atom. The fourth-order valence-electron chi connectivity index (χ4n) is 2.88. The van der Waals surface area contributed by atoms with Crippen molar-refractivity contribution in [1.29, 1.82) is 0 Å². The first-order valence-corrected chi connectivity index (χ1v) is 11.7. The Labute approximate surface area is 197 Å². The Kier molecular flexibility index (Phi) is 7.67. The van der Waals surface area contributed by atoms with Gasteiger partial charge in [-0.15, -0.1) is 0 Å². The molecular weight excluding hydrogens is 468 g/mol. The zero-order valence-corrected chi connectivity index (χ0v) is 19.7. The van der Waals surface area contributed by atoms with E-state index < -0.39 is 22.0 Å². The predicted octanol–water partition coefficient (Wildman–Crippen LogP) is 4.56. The fraction of sp³-hybridized carbons (Fsp3) is 0.174. The van der Waals surface area contributed by atoms with E-state index in [1.807, 2.05) is 0 Å². The second-order valence-electron chi connectivity index (χ2n) is 6.91. The molecule has 0 saturated carbocycles. The van der Waals surface area contributed by atoms with Crippen LogP contribution in [0.2, 0.25) is 5.02 Å². The van der Waals surface area contributed by atoms with Crippen molar-refractivity contribution in [3.05, 3.63) is 71.8 Å². The van der Waals surface area contributed by atoms with Gasteiger partial charge < -0.3 is 19.5 Å². The number of methoxy groups -OCH3 is 2. The molecule has 0 radical (unpaired) electrons. The largest absolute Gasteiger partial charge is 0.497 e. The summed E-state index contributed by atoms with van der Waals surface area (Å²) in [6.07, 6.45) is -0.858. The molecule has 1 unspecified atom stereocenters. The van der Waals surface area contributed by atoms with Gasteiger partial charge in [-0.2, -0.15) is 0 Å². The van der Waals surface area contributed by atoms with E-state index in [1.165, 1.54) is 32.4 Å². The number of anilines is 2. The SMILES string of the molecule is COc1ccc(NS(=O)(=O)c2cc(NC(=O)C(C)Oc3cccc(Cl)c3)ccc2OC)cc1. The number of carbonyl (C=O) groups excluding carboxylic acids is 1. The average Bonchev–Trinajstić information content (AvgIpc) is 2.79. The van der Waals surface area contributed by atoms with Crippen LogP contribution in [0.4, 0.5) is 11.4 Å². The molecule has 1 amide bonds. The van der Waals surface area contributed by atoms with Crippen molar-refractivity contribution in [2.75, 3.05) is 24.3 Å². The van der Waals surface area contributed by atoms with Gasteiger partial charge in [-0.05, 0) is 67.6 Å². The summed E-state index contributed by atoms with van der Waals surface area (Å²) in [5, 5.41) is 3.14. The number of carbonyl (C=O) groups is 1. The molecule has 2 N–H and O–H groups in total. The van der Waals surface area contributed by atoms with Gasteiger partial charge in [-0.25, -0.2) is 8.42 Å². The Balaban J connectivity index is 1.78. The third-order valence-corrected chi connectivity index (χ3v) is 6.18.